The fourth-order valence-corrected chi connectivity index (χ4v) is 2.66. The molecule has 27 heavy (non-hydrogen) atoms. The normalized spacial score (nSPS) is 10.6. The van der Waals surface area contributed by atoms with Crippen molar-refractivity contribution >= 4 is 24.1 Å². The summed E-state index contributed by atoms with van der Waals surface area (Å²) in [6.45, 7) is 8.80. The van der Waals surface area contributed by atoms with Crippen LogP contribution in [0.5, 0.6) is 11.6 Å². The van der Waals surface area contributed by atoms with Gasteiger partial charge in [0.05, 0.1) is 13.7 Å². The molecular weight excluding hydrogens is 340 g/mol. The molecule has 0 bridgehead atoms. The Hall–Kier alpha value is -3.15. The fourth-order valence-electron chi connectivity index (χ4n) is 2.66. The number of benzene rings is 1. The van der Waals surface area contributed by atoms with Crippen LogP contribution in [-0.4, -0.2) is 36.4 Å². The van der Waals surface area contributed by atoms with Gasteiger partial charge in [-0.15, -0.1) is 0 Å². The summed E-state index contributed by atoms with van der Waals surface area (Å²) in [6.07, 6.45) is 7.79. The molecule has 0 spiro atoms. The first-order valence-electron chi connectivity index (χ1n) is 8.82. The molecule has 0 fully saturated rings. The number of aromatic nitrogens is 2. The lowest BCUT2D eigenvalue weighted by Crippen LogP contribution is -2.12. The predicted octanol–water partition coefficient (Wildman–Crippen LogP) is 4.35. The molecule has 6 nitrogen and oxygen atoms in total. The SMILES string of the molecule is C=Cc1cccc(OCCCNc2c(C=N)nc(C)nc2OC)c1/C=C\C. The minimum atomic E-state index is 0.441. The summed E-state index contributed by atoms with van der Waals surface area (Å²) < 4.78 is 11.3. The van der Waals surface area contributed by atoms with Gasteiger partial charge in [-0.25, -0.2) is 4.98 Å². The lowest BCUT2D eigenvalue weighted by atomic mass is 10.1. The molecule has 1 aromatic heterocycles. The second kappa shape index (κ2) is 10.1. The average molecular weight is 366 g/mol. The van der Waals surface area contributed by atoms with Crippen LogP contribution in [0.2, 0.25) is 0 Å². The largest absolute Gasteiger partial charge is 0.493 e. The minimum Gasteiger partial charge on any atom is -0.493 e. The molecule has 2 rings (SSSR count). The van der Waals surface area contributed by atoms with Crippen molar-refractivity contribution in [3.8, 4) is 11.6 Å². The fraction of sp³-hybridized carbons (Fsp3) is 0.286. The van der Waals surface area contributed by atoms with Crippen molar-refractivity contribution in [3.63, 3.8) is 0 Å². The third-order valence-electron chi connectivity index (χ3n) is 3.88. The molecule has 0 unspecified atom stereocenters. The molecule has 0 aliphatic rings. The number of methoxy groups -OCH3 is 1. The lowest BCUT2D eigenvalue weighted by molar-refractivity contribution is 0.314. The topological polar surface area (TPSA) is 80.1 Å². The number of hydrogen-bond donors (Lipinski definition) is 2. The number of rotatable bonds is 10. The highest BCUT2D eigenvalue weighted by Crippen LogP contribution is 2.26. The number of hydrogen-bond acceptors (Lipinski definition) is 6. The summed E-state index contributed by atoms with van der Waals surface area (Å²) in [5.41, 5.74) is 3.21. The van der Waals surface area contributed by atoms with Crippen molar-refractivity contribution in [2.75, 3.05) is 25.6 Å². The minimum absolute atomic E-state index is 0.441. The summed E-state index contributed by atoms with van der Waals surface area (Å²) in [4.78, 5) is 8.50. The quantitative estimate of drug-likeness (QED) is 0.483. The Balaban J connectivity index is 1.98. The van der Waals surface area contributed by atoms with Gasteiger partial charge >= 0.3 is 0 Å². The van der Waals surface area contributed by atoms with E-state index in [-0.39, 0.29) is 0 Å². The molecule has 0 radical (unpaired) electrons. The van der Waals surface area contributed by atoms with E-state index in [4.69, 9.17) is 14.9 Å². The van der Waals surface area contributed by atoms with Crippen molar-refractivity contribution in [3.05, 3.63) is 53.5 Å². The number of allylic oxidation sites excluding steroid dienone is 1. The van der Waals surface area contributed by atoms with Gasteiger partial charge < -0.3 is 20.2 Å². The second-order valence-corrected chi connectivity index (χ2v) is 5.78. The first-order chi connectivity index (χ1) is 13.1. The number of anilines is 1. The second-order valence-electron chi connectivity index (χ2n) is 5.78. The Labute approximate surface area is 160 Å². The van der Waals surface area contributed by atoms with Crippen molar-refractivity contribution < 1.29 is 9.47 Å². The van der Waals surface area contributed by atoms with Crippen LogP contribution in [0.4, 0.5) is 5.69 Å². The van der Waals surface area contributed by atoms with Crippen LogP contribution in [-0.2, 0) is 0 Å². The molecule has 1 heterocycles. The van der Waals surface area contributed by atoms with E-state index in [1.54, 1.807) is 14.0 Å². The van der Waals surface area contributed by atoms with Gasteiger partial charge in [-0.1, -0.05) is 36.9 Å². The zero-order valence-corrected chi connectivity index (χ0v) is 16.1. The third-order valence-corrected chi connectivity index (χ3v) is 3.88. The van der Waals surface area contributed by atoms with Crippen molar-refractivity contribution in [1.82, 2.24) is 9.97 Å². The standard InChI is InChI=1S/C21H26N4O2/c1-5-9-17-16(6-2)10-7-11-19(17)27-13-8-12-23-20-18(14-22)24-15(3)25-21(20)26-4/h5-7,9-11,14,22-23H,2,8,12-13H2,1,3-4H3/b9-5-,22-14?. The average Bonchev–Trinajstić information content (AvgIpc) is 2.69. The molecule has 0 aliphatic carbocycles. The summed E-state index contributed by atoms with van der Waals surface area (Å²) in [6, 6.07) is 5.93. The molecule has 142 valence electrons. The van der Waals surface area contributed by atoms with Crippen LogP contribution in [0, 0.1) is 12.3 Å². The summed E-state index contributed by atoms with van der Waals surface area (Å²) in [5.74, 6) is 1.84. The molecule has 0 saturated carbocycles. The van der Waals surface area contributed by atoms with Gasteiger partial charge in [0.25, 0.3) is 0 Å². The van der Waals surface area contributed by atoms with Gasteiger partial charge in [0, 0.05) is 18.3 Å². The Kier molecular flexibility index (Phi) is 7.55. The van der Waals surface area contributed by atoms with E-state index in [2.05, 4.69) is 21.9 Å². The zero-order chi connectivity index (χ0) is 19.6. The van der Waals surface area contributed by atoms with Gasteiger partial charge in [0.15, 0.2) is 0 Å². The predicted molar refractivity (Wildman–Crippen MR) is 111 cm³/mol. The van der Waals surface area contributed by atoms with Crippen LogP contribution in [0.3, 0.4) is 0 Å². The van der Waals surface area contributed by atoms with Crippen LogP contribution in [0.25, 0.3) is 12.2 Å². The molecule has 1 aromatic carbocycles. The van der Waals surface area contributed by atoms with E-state index in [9.17, 15) is 0 Å². The maximum atomic E-state index is 7.53. The van der Waals surface area contributed by atoms with Crippen LogP contribution < -0.4 is 14.8 Å². The van der Waals surface area contributed by atoms with E-state index in [0.717, 1.165) is 23.3 Å². The monoisotopic (exact) mass is 366 g/mol. The number of aryl methyl sites for hydroxylation is 1. The highest BCUT2D eigenvalue weighted by Gasteiger charge is 2.12. The zero-order valence-electron chi connectivity index (χ0n) is 16.1. The number of nitrogens with zero attached hydrogens (tertiary/aromatic N) is 2. The molecule has 2 N–H and O–H groups in total. The van der Waals surface area contributed by atoms with E-state index < -0.39 is 0 Å². The third kappa shape index (κ3) is 5.17. The van der Waals surface area contributed by atoms with Crippen LogP contribution in [0.15, 0.2) is 30.9 Å². The van der Waals surface area contributed by atoms with Gasteiger partial charge in [-0.2, -0.15) is 4.98 Å². The van der Waals surface area contributed by atoms with Crippen molar-refractivity contribution in [2.24, 2.45) is 0 Å². The Morgan fingerprint density at radius 3 is 2.78 bits per heavy atom. The van der Waals surface area contributed by atoms with E-state index in [1.165, 1.54) is 6.21 Å². The highest BCUT2D eigenvalue weighted by molar-refractivity contribution is 5.85. The number of nitrogens with one attached hydrogen (secondary N) is 2. The summed E-state index contributed by atoms with van der Waals surface area (Å²) in [5, 5.41) is 10.8. The van der Waals surface area contributed by atoms with E-state index >= 15 is 0 Å². The Morgan fingerprint density at radius 1 is 1.30 bits per heavy atom. The maximum absolute atomic E-state index is 7.53. The molecule has 0 aliphatic heterocycles. The first kappa shape index (κ1) is 20.2. The van der Waals surface area contributed by atoms with Crippen LogP contribution >= 0.6 is 0 Å². The molecule has 0 amide bonds. The first-order valence-corrected chi connectivity index (χ1v) is 8.82. The molecule has 0 atom stereocenters. The summed E-state index contributed by atoms with van der Waals surface area (Å²) in [7, 11) is 1.55. The molecule has 0 saturated heterocycles. The maximum Gasteiger partial charge on any atom is 0.241 e. The highest BCUT2D eigenvalue weighted by atomic mass is 16.5. The Morgan fingerprint density at radius 2 is 2.11 bits per heavy atom. The lowest BCUT2D eigenvalue weighted by Gasteiger charge is -2.14. The summed E-state index contributed by atoms with van der Waals surface area (Å²) >= 11 is 0. The van der Waals surface area contributed by atoms with Crippen LogP contribution in [0.1, 0.15) is 36.0 Å². The van der Waals surface area contributed by atoms with E-state index in [1.807, 2.05) is 43.4 Å². The van der Waals surface area contributed by atoms with E-state index in [0.29, 0.717) is 36.2 Å². The van der Waals surface area contributed by atoms with Gasteiger partial charge in [-0.3, -0.25) is 0 Å². The Bertz CT molecular complexity index is 831. The molecule has 2 aromatic rings. The van der Waals surface area contributed by atoms with Gasteiger partial charge in [0.1, 0.15) is 23.0 Å². The van der Waals surface area contributed by atoms with Gasteiger partial charge in [-0.05, 0) is 31.9 Å². The van der Waals surface area contributed by atoms with Gasteiger partial charge in [0.2, 0.25) is 5.88 Å². The smallest absolute Gasteiger partial charge is 0.241 e. The number of ether oxygens (including phenoxy) is 2. The molecule has 6 heteroatoms. The molecular formula is C21H26N4O2. The van der Waals surface area contributed by atoms with Crippen molar-refractivity contribution in [1.29, 1.82) is 5.41 Å². The van der Waals surface area contributed by atoms with Crippen molar-refractivity contribution in [2.45, 2.75) is 20.3 Å².